The minimum atomic E-state index is 0.172. The lowest BCUT2D eigenvalue weighted by atomic mass is 10.0. The monoisotopic (exact) mass is 255 g/mol. The van der Waals surface area contributed by atoms with E-state index in [0.29, 0.717) is 12.6 Å². The number of hydrogen-bond donors (Lipinski definition) is 2. The fourth-order valence-corrected chi connectivity index (χ4v) is 2.53. The molecule has 3 rings (SSSR count). The van der Waals surface area contributed by atoms with E-state index in [0.717, 1.165) is 19.4 Å². The maximum atomic E-state index is 9.34. The molecular formula is C17H21NO. The molecule has 1 atom stereocenters. The number of aliphatic hydroxyl groups excluding tert-OH is 1. The van der Waals surface area contributed by atoms with E-state index < -0.39 is 0 Å². The number of nitrogens with one attached hydrogen (secondary N) is 1. The van der Waals surface area contributed by atoms with E-state index in [9.17, 15) is 5.11 Å². The Morgan fingerprint density at radius 2 is 1.89 bits per heavy atom. The third-order valence-electron chi connectivity index (χ3n) is 4.35. The lowest BCUT2D eigenvalue weighted by molar-refractivity contribution is 0.204. The second kappa shape index (κ2) is 4.95. The first kappa shape index (κ1) is 12.6. The average Bonchev–Trinajstić information content (AvgIpc) is 3.25. The molecule has 2 aromatic carbocycles. The molecule has 2 N–H and O–H groups in total. The largest absolute Gasteiger partial charge is 0.396 e. The molecule has 0 amide bonds. The SMILES string of the molecule is CC(NCC1(CO)CC1)c1ccc2ccccc2c1. The van der Waals surface area contributed by atoms with Crippen LogP contribution in [0.2, 0.25) is 0 Å². The van der Waals surface area contributed by atoms with E-state index in [1.807, 2.05) is 0 Å². The molecule has 0 aliphatic heterocycles. The van der Waals surface area contributed by atoms with Crippen LogP contribution >= 0.6 is 0 Å². The van der Waals surface area contributed by atoms with Crippen molar-refractivity contribution in [2.75, 3.05) is 13.2 Å². The fourth-order valence-electron chi connectivity index (χ4n) is 2.53. The van der Waals surface area contributed by atoms with E-state index in [1.54, 1.807) is 0 Å². The van der Waals surface area contributed by atoms with Crippen molar-refractivity contribution < 1.29 is 5.11 Å². The molecular weight excluding hydrogens is 234 g/mol. The first-order valence-corrected chi connectivity index (χ1v) is 7.05. The number of hydrogen-bond acceptors (Lipinski definition) is 2. The third kappa shape index (κ3) is 2.65. The summed E-state index contributed by atoms with van der Waals surface area (Å²) < 4.78 is 0. The van der Waals surface area contributed by atoms with Gasteiger partial charge in [-0.3, -0.25) is 0 Å². The van der Waals surface area contributed by atoms with Crippen molar-refractivity contribution in [3.8, 4) is 0 Å². The molecule has 0 bridgehead atoms. The van der Waals surface area contributed by atoms with Crippen molar-refractivity contribution in [1.82, 2.24) is 5.32 Å². The Morgan fingerprint density at radius 3 is 2.58 bits per heavy atom. The molecule has 1 aliphatic carbocycles. The molecule has 2 aromatic rings. The van der Waals surface area contributed by atoms with Gasteiger partial charge in [0.25, 0.3) is 0 Å². The summed E-state index contributed by atoms with van der Waals surface area (Å²) in [7, 11) is 0. The van der Waals surface area contributed by atoms with E-state index in [-0.39, 0.29) is 5.41 Å². The Hall–Kier alpha value is -1.38. The zero-order valence-corrected chi connectivity index (χ0v) is 11.4. The van der Waals surface area contributed by atoms with Crippen LogP contribution in [0.25, 0.3) is 10.8 Å². The molecule has 1 unspecified atom stereocenters. The van der Waals surface area contributed by atoms with Crippen molar-refractivity contribution >= 4 is 10.8 Å². The van der Waals surface area contributed by atoms with E-state index >= 15 is 0 Å². The quantitative estimate of drug-likeness (QED) is 0.859. The Balaban J connectivity index is 1.72. The summed E-state index contributed by atoms with van der Waals surface area (Å²) in [5, 5.41) is 15.5. The van der Waals surface area contributed by atoms with Gasteiger partial charge in [0.15, 0.2) is 0 Å². The predicted octanol–water partition coefficient (Wildman–Crippen LogP) is 3.26. The molecule has 1 fully saturated rings. The van der Waals surface area contributed by atoms with E-state index in [4.69, 9.17) is 0 Å². The summed E-state index contributed by atoms with van der Waals surface area (Å²) >= 11 is 0. The Morgan fingerprint density at radius 1 is 1.16 bits per heavy atom. The van der Waals surface area contributed by atoms with E-state index in [2.05, 4.69) is 54.7 Å². The van der Waals surface area contributed by atoms with Crippen LogP contribution in [0, 0.1) is 5.41 Å². The van der Waals surface area contributed by atoms with Crippen LogP contribution in [-0.4, -0.2) is 18.3 Å². The van der Waals surface area contributed by atoms with Crippen molar-refractivity contribution in [2.24, 2.45) is 5.41 Å². The van der Waals surface area contributed by atoms with Gasteiger partial charge in [0, 0.05) is 24.6 Å². The summed E-state index contributed by atoms with van der Waals surface area (Å²) in [6.07, 6.45) is 2.31. The van der Waals surface area contributed by atoms with Gasteiger partial charge in [0.05, 0.1) is 0 Å². The highest BCUT2D eigenvalue weighted by Crippen LogP contribution is 2.44. The molecule has 19 heavy (non-hydrogen) atoms. The van der Waals surface area contributed by atoms with Gasteiger partial charge in [-0.05, 0) is 42.2 Å². The summed E-state index contributed by atoms with van der Waals surface area (Å²) in [5.74, 6) is 0. The van der Waals surface area contributed by atoms with Gasteiger partial charge < -0.3 is 10.4 Å². The summed E-state index contributed by atoms with van der Waals surface area (Å²) in [5.41, 5.74) is 1.48. The van der Waals surface area contributed by atoms with Gasteiger partial charge in [0.2, 0.25) is 0 Å². The minimum Gasteiger partial charge on any atom is -0.396 e. The van der Waals surface area contributed by atoms with Crippen LogP contribution in [0.1, 0.15) is 31.4 Å². The van der Waals surface area contributed by atoms with Crippen molar-refractivity contribution in [1.29, 1.82) is 0 Å². The summed E-state index contributed by atoms with van der Waals surface area (Å²) in [6, 6.07) is 15.4. The molecule has 1 saturated carbocycles. The maximum Gasteiger partial charge on any atom is 0.0499 e. The van der Waals surface area contributed by atoms with Crippen molar-refractivity contribution in [3.63, 3.8) is 0 Å². The fraction of sp³-hybridized carbons (Fsp3) is 0.412. The van der Waals surface area contributed by atoms with Gasteiger partial charge in [0.1, 0.15) is 0 Å². The van der Waals surface area contributed by atoms with Gasteiger partial charge in [-0.25, -0.2) is 0 Å². The second-order valence-corrected chi connectivity index (χ2v) is 5.87. The first-order chi connectivity index (χ1) is 9.22. The number of benzene rings is 2. The Labute approximate surface area is 114 Å². The van der Waals surface area contributed by atoms with Crippen LogP contribution in [0.4, 0.5) is 0 Å². The van der Waals surface area contributed by atoms with Crippen molar-refractivity contribution in [2.45, 2.75) is 25.8 Å². The molecule has 100 valence electrons. The smallest absolute Gasteiger partial charge is 0.0499 e. The summed E-state index contributed by atoms with van der Waals surface area (Å²) in [4.78, 5) is 0. The summed E-state index contributed by atoms with van der Waals surface area (Å²) in [6.45, 7) is 3.42. The molecule has 0 saturated heterocycles. The van der Waals surface area contributed by atoms with Crippen LogP contribution in [0.3, 0.4) is 0 Å². The molecule has 2 nitrogen and oxygen atoms in total. The molecule has 1 aliphatic rings. The normalized spacial score (nSPS) is 18.4. The van der Waals surface area contributed by atoms with Gasteiger partial charge >= 0.3 is 0 Å². The minimum absolute atomic E-state index is 0.172. The standard InChI is InChI=1S/C17H21NO/c1-13(18-11-17(12-19)8-9-17)15-7-6-14-4-2-3-5-16(14)10-15/h2-7,10,13,18-19H,8-9,11-12H2,1H3. The number of fused-ring (bicyclic) bond motifs is 1. The van der Waals surface area contributed by atoms with Gasteiger partial charge in [-0.15, -0.1) is 0 Å². The van der Waals surface area contributed by atoms with Crippen molar-refractivity contribution in [3.05, 3.63) is 48.0 Å². The van der Waals surface area contributed by atoms with Crippen LogP contribution in [-0.2, 0) is 0 Å². The molecule has 0 spiro atoms. The molecule has 0 aromatic heterocycles. The van der Waals surface area contributed by atoms with E-state index in [1.165, 1.54) is 16.3 Å². The lowest BCUT2D eigenvalue weighted by Crippen LogP contribution is -2.28. The lowest BCUT2D eigenvalue weighted by Gasteiger charge is -2.19. The zero-order chi connectivity index (χ0) is 13.3. The Bertz CT molecular complexity index is 574. The number of aliphatic hydroxyl groups is 1. The predicted molar refractivity (Wildman–Crippen MR) is 79.1 cm³/mol. The molecule has 0 radical (unpaired) electrons. The van der Waals surface area contributed by atoms with Crippen LogP contribution in [0.5, 0.6) is 0 Å². The highest BCUT2D eigenvalue weighted by atomic mass is 16.3. The van der Waals surface area contributed by atoms with Gasteiger partial charge in [-0.1, -0.05) is 36.4 Å². The molecule has 0 heterocycles. The Kier molecular flexibility index (Phi) is 3.29. The topological polar surface area (TPSA) is 32.3 Å². The average molecular weight is 255 g/mol. The molecule has 2 heteroatoms. The van der Waals surface area contributed by atoms with Gasteiger partial charge in [-0.2, -0.15) is 0 Å². The highest BCUT2D eigenvalue weighted by molar-refractivity contribution is 5.83. The first-order valence-electron chi connectivity index (χ1n) is 7.05. The second-order valence-electron chi connectivity index (χ2n) is 5.87. The van der Waals surface area contributed by atoms with Crippen LogP contribution < -0.4 is 5.32 Å². The maximum absolute atomic E-state index is 9.34. The highest BCUT2D eigenvalue weighted by Gasteiger charge is 2.41. The van der Waals surface area contributed by atoms with Crippen LogP contribution in [0.15, 0.2) is 42.5 Å². The third-order valence-corrected chi connectivity index (χ3v) is 4.35. The number of rotatable bonds is 5. The zero-order valence-electron chi connectivity index (χ0n) is 11.4.